The van der Waals surface area contributed by atoms with E-state index in [0.29, 0.717) is 10.7 Å². The molecule has 64 heavy (non-hydrogen) atoms. The first-order chi connectivity index (χ1) is 31.0. The number of amides is 4. The number of carbonyl (C=O) groups excluding carboxylic acids is 8. The smallest absolute Gasteiger partial charge is 0.343 e. The van der Waals surface area contributed by atoms with Crippen molar-refractivity contribution in [2.45, 2.75) is 6.42 Å². The van der Waals surface area contributed by atoms with Gasteiger partial charge in [-0.05, 0) is 78.4 Å². The van der Waals surface area contributed by atoms with Crippen LogP contribution in [-0.4, -0.2) is 102 Å². The van der Waals surface area contributed by atoms with E-state index in [4.69, 9.17) is 28.4 Å². The Morgan fingerprint density at radius 3 is 1.77 bits per heavy atom. The van der Waals surface area contributed by atoms with Crippen molar-refractivity contribution in [1.82, 2.24) is 14.8 Å². The molecule has 0 spiro atoms. The third-order valence-electron chi connectivity index (χ3n) is 9.01. The molecule has 0 bridgehead atoms. The fourth-order valence-corrected chi connectivity index (χ4v) is 6.57. The van der Waals surface area contributed by atoms with Crippen molar-refractivity contribution in [3.05, 3.63) is 138 Å². The van der Waals surface area contributed by atoms with Crippen molar-refractivity contribution in [3.63, 3.8) is 0 Å². The second-order valence-corrected chi connectivity index (χ2v) is 14.3. The van der Waals surface area contributed by atoms with Crippen molar-refractivity contribution in [2.75, 3.05) is 38.7 Å². The summed E-state index contributed by atoms with van der Waals surface area (Å²) < 4.78 is 32.9. The van der Waals surface area contributed by atoms with Gasteiger partial charge < -0.3 is 28.4 Å². The summed E-state index contributed by atoms with van der Waals surface area (Å²) in [6, 6.07) is 24.3. The van der Waals surface area contributed by atoms with Crippen LogP contribution in [-0.2, 0) is 49.4 Å². The summed E-state index contributed by atoms with van der Waals surface area (Å²) in [5, 5.41) is 4.87. The molecule has 3 heterocycles. The molecule has 19 nitrogen and oxygen atoms in total. The van der Waals surface area contributed by atoms with Gasteiger partial charge in [0.1, 0.15) is 30.3 Å². The molecule has 0 atom stereocenters. The van der Waals surface area contributed by atoms with Gasteiger partial charge in [-0.15, -0.1) is 0 Å². The Bertz CT molecular complexity index is 2660. The Balaban J connectivity index is 0.918. The monoisotopic (exact) mass is 887 g/mol. The average molecular weight is 888 g/mol. The molecule has 0 saturated carbocycles. The number of hydrogen-bond acceptors (Lipinski definition) is 18. The lowest BCUT2D eigenvalue weighted by Gasteiger charge is -2.13. The van der Waals surface area contributed by atoms with Gasteiger partial charge in [-0.2, -0.15) is 5.10 Å². The molecule has 5 aromatic rings. The van der Waals surface area contributed by atoms with Crippen molar-refractivity contribution in [1.29, 1.82) is 0 Å². The van der Waals surface area contributed by atoms with Crippen LogP contribution in [0.5, 0.6) is 17.2 Å². The summed E-state index contributed by atoms with van der Waals surface area (Å²) >= 11 is 1.40. The number of nitrogens with one attached hydrogen (secondary N) is 1. The van der Waals surface area contributed by atoms with Gasteiger partial charge in [-0.3, -0.25) is 44.0 Å². The van der Waals surface area contributed by atoms with E-state index in [9.17, 15) is 38.4 Å². The highest BCUT2D eigenvalue weighted by Crippen LogP contribution is 2.26. The largest absolute Gasteiger partial charge is 0.462 e. The topological polar surface area (TPSA) is 236 Å². The molecule has 0 unspecified atom stereocenters. The lowest BCUT2D eigenvalue weighted by molar-refractivity contribution is -0.156. The van der Waals surface area contributed by atoms with E-state index in [0.717, 1.165) is 49.9 Å². The van der Waals surface area contributed by atoms with Gasteiger partial charge in [0, 0.05) is 36.3 Å². The number of benzene rings is 4. The minimum absolute atomic E-state index is 0.00680. The molecule has 20 heteroatoms. The van der Waals surface area contributed by atoms with E-state index >= 15 is 0 Å². The predicted molar refractivity (Wildman–Crippen MR) is 224 cm³/mol. The van der Waals surface area contributed by atoms with E-state index in [-0.39, 0.29) is 41.4 Å². The minimum Gasteiger partial charge on any atom is -0.462 e. The van der Waals surface area contributed by atoms with Gasteiger partial charge in [0.2, 0.25) is 18.7 Å². The normalized spacial score (nSPS) is 13.2. The number of ether oxygens (including phenoxy) is 6. The summed E-state index contributed by atoms with van der Waals surface area (Å²) in [7, 11) is 0. The molecule has 0 fully saturated rings. The molecule has 0 saturated heterocycles. The number of aromatic nitrogens is 1. The summed E-state index contributed by atoms with van der Waals surface area (Å²) in [6.07, 6.45) is 5.97. The Morgan fingerprint density at radius 1 is 0.656 bits per heavy atom. The molecular weight excluding hydrogens is 855 g/mol. The van der Waals surface area contributed by atoms with Crippen LogP contribution in [0, 0.1) is 0 Å². The van der Waals surface area contributed by atoms with Crippen molar-refractivity contribution in [2.24, 2.45) is 5.10 Å². The fraction of sp³-hybridized carbons (Fsp3) is 0.136. The van der Waals surface area contributed by atoms with E-state index < -0.39 is 74.2 Å². The number of hydrazone groups is 1. The van der Waals surface area contributed by atoms with Crippen LogP contribution in [0.15, 0.2) is 120 Å². The highest BCUT2D eigenvalue weighted by Gasteiger charge is 2.27. The summed E-state index contributed by atoms with van der Waals surface area (Å²) in [4.78, 5) is 103. The van der Waals surface area contributed by atoms with Gasteiger partial charge in [0.05, 0.1) is 34.2 Å². The SMILES string of the molecule is O=C(CN1C(=O)C=CC1=O)OCOc1ccc(C(=O)OCCc2ccc(OC(=O)c3ccc(OCOC(=O)CN4C(=O)C=CC4=O)cc3)c(/C=N/Nc3nc4ccccc4s3)c2)cc1. The lowest BCUT2D eigenvalue weighted by atomic mass is 10.1. The molecule has 7 rings (SSSR count). The molecule has 1 N–H and O–H groups in total. The van der Waals surface area contributed by atoms with Crippen molar-refractivity contribution in [3.8, 4) is 17.2 Å². The molecule has 2 aliphatic rings. The first-order valence-electron chi connectivity index (χ1n) is 19.0. The van der Waals surface area contributed by atoms with E-state index in [1.807, 2.05) is 24.3 Å². The molecule has 0 aliphatic carbocycles. The maximum atomic E-state index is 13.3. The van der Waals surface area contributed by atoms with Crippen LogP contribution in [0.25, 0.3) is 10.2 Å². The maximum Gasteiger partial charge on any atom is 0.343 e. The van der Waals surface area contributed by atoms with Crippen molar-refractivity contribution >= 4 is 80.4 Å². The number of fused-ring (bicyclic) bond motifs is 1. The number of anilines is 1. The number of esters is 4. The number of nitrogens with zero attached hydrogens (tertiary/aromatic N) is 4. The second-order valence-electron chi connectivity index (χ2n) is 13.3. The fourth-order valence-electron chi connectivity index (χ4n) is 5.75. The zero-order chi connectivity index (χ0) is 45.0. The van der Waals surface area contributed by atoms with Gasteiger partial charge in [0.25, 0.3) is 23.6 Å². The third-order valence-corrected chi connectivity index (χ3v) is 9.95. The molecular formula is C44H33N5O14S. The zero-order valence-corrected chi connectivity index (χ0v) is 34.0. The highest BCUT2D eigenvalue weighted by atomic mass is 32.1. The molecule has 4 aromatic carbocycles. The predicted octanol–water partition coefficient (Wildman–Crippen LogP) is 3.97. The molecule has 1 aromatic heterocycles. The average Bonchev–Trinajstić information content (AvgIpc) is 3.96. The number of thiazole rings is 1. The first-order valence-corrected chi connectivity index (χ1v) is 19.8. The summed E-state index contributed by atoms with van der Waals surface area (Å²) in [6.45, 7) is -2.12. The van der Waals surface area contributed by atoms with Gasteiger partial charge in [-0.1, -0.05) is 29.5 Å². The van der Waals surface area contributed by atoms with Crippen molar-refractivity contribution < 1.29 is 66.8 Å². The van der Waals surface area contributed by atoms with Crippen LogP contribution >= 0.6 is 11.3 Å². The Labute approximate surface area is 366 Å². The number of imide groups is 2. The van der Waals surface area contributed by atoms with Gasteiger partial charge in [-0.25, -0.2) is 14.6 Å². The third kappa shape index (κ3) is 11.4. The molecule has 0 radical (unpaired) electrons. The second kappa shape index (κ2) is 20.4. The van der Waals surface area contributed by atoms with Crippen LogP contribution in [0.4, 0.5) is 5.13 Å². The van der Waals surface area contributed by atoms with Crippen LogP contribution in [0.1, 0.15) is 31.8 Å². The van der Waals surface area contributed by atoms with Gasteiger partial charge in [0.15, 0.2) is 0 Å². The van der Waals surface area contributed by atoms with Crippen LogP contribution < -0.4 is 19.6 Å². The number of hydrogen-bond donors (Lipinski definition) is 1. The number of carbonyl (C=O) groups is 8. The highest BCUT2D eigenvalue weighted by molar-refractivity contribution is 7.22. The van der Waals surface area contributed by atoms with E-state index in [1.165, 1.54) is 66.1 Å². The number of rotatable bonds is 19. The Kier molecular flexibility index (Phi) is 13.9. The Morgan fingerprint density at radius 2 is 1.20 bits per heavy atom. The Hall–Kier alpha value is -8.52. The minimum atomic E-state index is -0.850. The van der Waals surface area contributed by atoms with Crippen LogP contribution in [0.2, 0.25) is 0 Å². The summed E-state index contributed by atoms with van der Waals surface area (Å²) in [5.41, 5.74) is 5.24. The van der Waals surface area contributed by atoms with E-state index in [1.54, 1.807) is 18.2 Å². The first kappa shape index (κ1) is 43.6. The summed E-state index contributed by atoms with van der Waals surface area (Å²) in [5.74, 6) is -4.76. The lowest BCUT2D eigenvalue weighted by Crippen LogP contribution is -2.36. The van der Waals surface area contributed by atoms with Gasteiger partial charge >= 0.3 is 23.9 Å². The van der Waals surface area contributed by atoms with Crippen LogP contribution in [0.3, 0.4) is 0 Å². The molecule has 2 aliphatic heterocycles. The number of para-hydroxylation sites is 1. The molecule has 4 amide bonds. The quantitative estimate of drug-likeness (QED) is 0.0235. The maximum absolute atomic E-state index is 13.3. The zero-order valence-electron chi connectivity index (χ0n) is 33.2. The van der Waals surface area contributed by atoms with E-state index in [2.05, 4.69) is 15.5 Å². The standard InChI is InChI=1S/C44H33N5O14S/c50-36-15-16-37(51)48(36)23-40(54)61-25-59-31-10-6-28(7-11-31)42(56)58-20-19-27-5-14-34(30(21-27)22-45-47-44-46-33-3-1-2-4-35(33)64-44)63-43(57)29-8-12-32(13-9-29)60-26-62-41(55)24-49-38(52)17-18-39(49)53/h1-18,21-22H,19-20,23-26H2,(H,46,47)/b45-22+. The molecule has 324 valence electrons.